The van der Waals surface area contributed by atoms with Gasteiger partial charge in [-0.2, -0.15) is 0 Å². The van der Waals surface area contributed by atoms with Gasteiger partial charge in [0.25, 0.3) is 10.0 Å². The lowest BCUT2D eigenvalue weighted by molar-refractivity contribution is -0.141. The zero-order valence-corrected chi connectivity index (χ0v) is 17.6. The number of hydrogen-bond acceptors (Lipinski definition) is 7. The van der Waals surface area contributed by atoms with Crippen molar-refractivity contribution in [3.63, 3.8) is 0 Å². The van der Waals surface area contributed by atoms with Crippen LogP contribution < -0.4 is 9.04 Å². The molecule has 0 aliphatic rings. The zero-order valence-electron chi connectivity index (χ0n) is 16.8. The molecule has 2 aromatic rings. The number of sulfonamides is 1. The normalized spacial score (nSPS) is 10.9. The van der Waals surface area contributed by atoms with Crippen LogP contribution in [0.3, 0.4) is 0 Å². The summed E-state index contributed by atoms with van der Waals surface area (Å²) in [7, 11) is -3.13. The van der Waals surface area contributed by atoms with Gasteiger partial charge in [0, 0.05) is 0 Å². The Bertz CT molecular complexity index is 1020. The predicted octanol–water partition coefficient (Wildman–Crippen LogP) is 2.77. The van der Waals surface area contributed by atoms with E-state index >= 15 is 0 Å². The number of benzene rings is 2. The first kappa shape index (κ1) is 23.1. The molecule has 0 heterocycles. The first-order valence-electron chi connectivity index (χ1n) is 9.03. The molecule has 162 valence electrons. The van der Waals surface area contributed by atoms with Gasteiger partial charge in [0.1, 0.15) is 6.54 Å². The lowest BCUT2D eigenvalue weighted by Crippen LogP contribution is -2.36. The standard InChI is InChI=1S/C20H22FNO7S/c1-4-28-19(23)13-22(15-8-6-7-14(11-15)20(24)29-5-2)30(25,26)16-9-10-18(27-3)17(21)12-16/h6-12H,4-5,13H2,1-3H3. The van der Waals surface area contributed by atoms with Crippen LogP contribution in [0.5, 0.6) is 5.75 Å². The molecule has 8 nitrogen and oxygen atoms in total. The van der Waals surface area contributed by atoms with E-state index in [2.05, 4.69) is 0 Å². The Balaban J connectivity index is 2.55. The van der Waals surface area contributed by atoms with Crippen molar-refractivity contribution in [2.75, 3.05) is 31.2 Å². The molecular formula is C20H22FNO7S. The molecule has 0 N–H and O–H groups in total. The van der Waals surface area contributed by atoms with Gasteiger partial charge >= 0.3 is 11.9 Å². The van der Waals surface area contributed by atoms with Crippen molar-refractivity contribution in [2.45, 2.75) is 18.7 Å². The minimum absolute atomic E-state index is 0.0184. The lowest BCUT2D eigenvalue weighted by Gasteiger charge is -2.24. The van der Waals surface area contributed by atoms with Gasteiger partial charge in [0.05, 0.1) is 36.5 Å². The molecule has 0 fully saturated rings. The van der Waals surface area contributed by atoms with E-state index in [1.165, 1.54) is 37.4 Å². The monoisotopic (exact) mass is 439 g/mol. The second kappa shape index (κ2) is 10.1. The maximum atomic E-state index is 14.1. The van der Waals surface area contributed by atoms with Crippen LogP contribution >= 0.6 is 0 Å². The summed E-state index contributed by atoms with van der Waals surface area (Å²) in [6, 6.07) is 8.69. The Hall–Kier alpha value is -3.14. The third-order valence-corrected chi connectivity index (χ3v) is 5.70. The number of methoxy groups -OCH3 is 1. The molecule has 30 heavy (non-hydrogen) atoms. The van der Waals surface area contributed by atoms with E-state index in [-0.39, 0.29) is 30.2 Å². The molecule has 10 heteroatoms. The van der Waals surface area contributed by atoms with E-state index in [0.717, 1.165) is 16.4 Å². The first-order valence-corrected chi connectivity index (χ1v) is 10.5. The van der Waals surface area contributed by atoms with Gasteiger partial charge in [-0.15, -0.1) is 0 Å². The molecule has 0 aliphatic carbocycles. The van der Waals surface area contributed by atoms with Gasteiger partial charge in [-0.25, -0.2) is 17.6 Å². The SMILES string of the molecule is CCOC(=O)CN(c1cccc(C(=O)OCC)c1)S(=O)(=O)c1ccc(OC)c(F)c1. The molecule has 0 atom stereocenters. The van der Waals surface area contributed by atoms with Gasteiger partial charge in [-0.05, 0) is 50.2 Å². The Morgan fingerprint density at radius 1 is 1.03 bits per heavy atom. The highest BCUT2D eigenvalue weighted by atomic mass is 32.2. The summed E-state index contributed by atoms with van der Waals surface area (Å²) in [5.41, 5.74) is 0.115. The second-order valence-corrected chi connectivity index (χ2v) is 7.75. The Morgan fingerprint density at radius 2 is 1.73 bits per heavy atom. The van der Waals surface area contributed by atoms with Crippen LogP contribution in [-0.4, -0.2) is 47.2 Å². The molecule has 0 aromatic heterocycles. The molecule has 0 saturated heterocycles. The predicted molar refractivity (Wildman–Crippen MR) is 107 cm³/mol. The molecule has 0 radical (unpaired) electrons. The van der Waals surface area contributed by atoms with E-state index in [9.17, 15) is 22.4 Å². The Labute approximate surface area is 174 Å². The van der Waals surface area contributed by atoms with Crippen LogP contribution in [0.4, 0.5) is 10.1 Å². The molecule has 2 rings (SSSR count). The Kier molecular flexibility index (Phi) is 7.76. The number of esters is 2. The Morgan fingerprint density at radius 3 is 2.33 bits per heavy atom. The quantitative estimate of drug-likeness (QED) is 0.554. The van der Waals surface area contributed by atoms with Gasteiger partial charge in [0.2, 0.25) is 0 Å². The number of anilines is 1. The molecule has 0 bridgehead atoms. The van der Waals surface area contributed by atoms with Gasteiger partial charge in [0.15, 0.2) is 11.6 Å². The molecule has 0 spiro atoms. The average molecular weight is 439 g/mol. The van der Waals surface area contributed by atoms with Crippen molar-refractivity contribution in [3.05, 3.63) is 53.8 Å². The van der Waals surface area contributed by atoms with E-state index in [1.54, 1.807) is 13.8 Å². The highest BCUT2D eigenvalue weighted by molar-refractivity contribution is 7.92. The van der Waals surface area contributed by atoms with Crippen LogP contribution in [0.25, 0.3) is 0 Å². The lowest BCUT2D eigenvalue weighted by atomic mass is 10.2. The summed E-state index contributed by atoms with van der Waals surface area (Å²) < 4.78 is 55.9. The van der Waals surface area contributed by atoms with Crippen molar-refractivity contribution < 1.29 is 36.6 Å². The summed E-state index contributed by atoms with van der Waals surface area (Å²) in [4.78, 5) is 23.7. The molecular weight excluding hydrogens is 417 g/mol. The van der Waals surface area contributed by atoms with Crippen molar-refractivity contribution in [3.8, 4) is 5.75 Å². The second-order valence-electron chi connectivity index (χ2n) is 5.88. The molecule has 2 aromatic carbocycles. The third-order valence-electron chi connectivity index (χ3n) is 3.93. The summed E-state index contributed by atoms with van der Waals surface area (Å²) in [6.07, 6.45) is 0. The van der Waals surface area contributed by atoms with Crippen molar-refractivity contribution >= 4 is 27.6 Å². The topological polar surface area (TPSA) is 99.2 Å². The summed E-state index contributed by atoms with van der Waals surface area (Å²) in [6.45, 7) is 2.73. The highest BCUT2D eigenvalue weighted by Gasteiger charge is 2.29. The molecule has 0 aliphatic heterocycles. The van der Waals surface area contributed by atoms with Crippen LogP contribution in [0.15, 0.2) is 47.4 Å². The fraction of sp³-hybridized carbons (Fsp3) is 0.300. The smallest absolute Gasteiger partial charge is 0.338 e. The number of hydrogen-bond donors (Lipinski definition) is 0. The van der Waals surface area contributed by atoms with Crippen molar-refractivity contribution in [1.82, 2.24) is 0 Å². The molecule has 0 amide bonds. The number of rotatable bonds is 9. The fourth-order valence-electron chi connectivity index (χ4n) is 2.58. The maximum Gasteiger partial charge on any atom is 0.338 e. The first-order chi connectivity index (χ1) is 14.2. The zero-order chi connectivity index (χ0) is 22.3. The maximum absolute atomic E-state index is 14.1. The van der Waals surface area contributed by atoms with E-state index in [4.69, 9.17) is 14.2 Å². The average Bonchev–Trinajstić information content (AvgIpc) is 2.72. The van der Waals surface area contributed by atoms with E-state index < -0.39 is 39.2 Å². The van der Waals surface area contributed by atoms with Crippen molar-refractivity contribution in [1.29, 1.82) is 0 Å². The van der Waals surface area contributed by atoms with Crippen LogP contribution in [0.1, 0.15) is 24.2 Å². The van der Waals surface area contributed by atoms with Crippen LogP contribution in [-0.2, 0) is 24.3 Å². The molecule has 0 saturated carbocycles. The van der Waals surface area contributed by atoms with E-state index in [0.29, 0.717) is 0 Å². The minimum Gasteiger partial charge on any atom is -0.494 e. The van der Waals surface area contributed by atoms with Gasteiger partial charge < -0.3 is 14.2 Å². The summed E-state index contributed by atoms with van der Waals surface area (Å²) in [5.74, 6) is -2.47. The fourth-order valence-corrected chi connectivity index (χ4v) is 3.99. The van der Waals surface area contributed by atoms with Gasteiger partial charge in [-0.1, -0.05) is 6.07 Å². The van der Waals surface area contributed by atoms with Gasteiger partial charge in [-0.3, -0.25) is 9.10 Å². The highest BCUT2D eigenvalue weighted by Crippen LogP contribution is 2.27. The number of ether oxygens (including phenoxy) is 3. The third kappa shape index (κ3) is 5.26. The largest absolute Gasteiger partial charge is 0.494 e. The van der Waals surface area contributed by atoms with Crippen molar-refractivity contribution in [2.24, 2.45) is 0 Å². The number of carbonyl (C=O) groups excluding carboxylic acids is 2. The molecule has 0 unspecified atom stereocenters. The summed E-state index contributed by atoms with van der Waals surface area (Å²) >= 11 is 0. The number of halogens is 1. The number of carbonyl (C=O) groups is 2. The van der Waals surface area contributed by atoms with Crippen LogP contribution in [0.2, 0.25) is 0 Å². The van der Waals surface area contributed by atoms with Crippen LogP contribution in [0, 0.1) is 5.82 Å². The van der Waals surface area contributed by atoms with E-state index in [1.807, 2.05) is 0 Å². The minimum atomic E-state index is -4.38. The summed E-state index contributed by atoms with van der Waals surface area (Å²) in [5, 5.41) is 0. The number of nitrogens with zero attached hydrogens (tertiary/aromatic N) is 1.